The van der Waals surface area contributed by atoms with Gasteiger partial charge in [-0.1, -0.05) is 5.57 Å². The summed E-state index contributed by atoms with van der Waals surface area (Å²) in [5, 5.41) is 0. The molecule has 28 heavy (non-hydrogen) atoms. The molecule has 2 rings (SSSR count). The van der Waals surface area contributed by atoms with E-state index in [9.17, 15) is 13.6 Å². The second-order valence-electron chi connectivity index (χ2n) is 6.76. The number of nitrogens with two attached hydrogens (primary N) is 2. The van der Waals surface area contributed by atoms with Gasteiger partial charge in [-0.15, -0.1) is 6.58 Å². The first-order chi connectivity index (χ1) is 13.1. The van der Waals surface area contributed by atoms with Crippen LogP contribution in [-0.2, 0) is 0 Å². The van der Waals surface area contributed by atoms with Gasteiger partial charge in [-0.25, -0.2) is 23.5 Å². The number of rotatable bonds is 8. The minimum atomic E-state index is -2.86. The van der Waals surface area contributed by atoms with Crippen LogP contribution in [-0.4, -0.2) is 28.2 Å². The Kier molecular flexibility index (Phi) is 6.63. The van der Waals surface area contributed by atoms with E-state index in [-0.39, 0.29) is 23.9 Å². The summed E-state index contributed by atoms with van der Waals surface area (Å²) in [5.41, 5.74) is 11.3. The highest BCUT2D eigenvalue weighted by molar-refractivity contribution is 5.69. The van der Waals surface area contributed by atoms with Crippen LogP contribution in [0.5, 0.6) is 11.6 Å². The van der Waals surface area contributed by atoms with Crippen molar-refractivity contribution in [2.75, 3.05) is 6.61 Å². The van der Waals surface area contributed by atoms with E-state index in [2.05, 4.69) is 16.5 Å². The molecule has 0 saturated carbocycles. The summed E-state index contributed by atoms with van der Waals surface area (Å²) in [5.74, 6) is -0.121. The molecule has 0 aliphatic heterocycles. The molecule has 0 bridgehead atoms. The van der Waals surface area contributed by atoms with E-state index in [1.807, 2.05) is 6.92 Å². The fraction of sp³-hybridized carbons (Fsp3) is 0.316. The molecule has 0 aliphatic carbocycles. The molecule has 0 spiro atoms. The van der Waals surface area contributed by atoms with Crippen molar-refractivity contribution in [3.63, 3.8) is 0 Å². The molecule has 0 aliphatic rings. The van der Waals surface area contributed by atoms with E-state index in [1.54, 1.807) is 6.92 Å². The Bertz CT molecular complexity index is 872. The maximum Gasteiger partial charge on any atom is 0.411 e. The lowest BCUT2D eigenvalue weighted by molar-refractivity contribution is 0.136. The summed E-state index contributed by atoms with van der Waals surface area (Å²) in [4.78, 5) is 18.6. The Hall–Kier alpha value is -3.07. The molecule has 0 saturated heterocycles. The van der Waals surface area contributed by atoms with E-state index < -0.39 is 23.8 Å². The second kappa shape index (κ2) is 8.75. The van der Waals surface area contributed by atoms with Crippen molar-refractivity contribution in [3.8, 4) is 22.9 Å². The fourth-order valence-corrected chi connectivity index (χ4v) is 2.61. The Morgan fingerprint density at radius 3 is 2.68 bits per heavy atom. The fourth-order valence-electron chi connectivity index (χ4n) is 2.61. The summed E-state index contributed by atoms with van der Waals surface area (Å²) in [6.45, 7) is 7.40. The third-order valence-electron chi connectivity index (χ3n) is 3.59. The summed E-state index contributed by atoms with van der Waals surface area (Å²) < 4.78 is 37.3. The third-order valence-corrected chi connectivity index (χ3v) is 3.59. The maximum atomic E-state index is 13.5. The first-order valence-corrected chi connectivity index (χ1v) is 8.36. The van der Waals surface area contributed by atoms with Gasteiger partial charge in [0.15, 0.2) is 0 Å². The van der Waals surface area contributed by atoms with Crippen molar-refractivity contribution in [3.05, 3.63) is 48.3 Å². The summed E-state index contributed by atoms with van der Waals surface area (Å²) in [7, 11) is 0. The summed E-state index contributed by atoms with van der Waals surface area (Å²) in [6, 6.07) is 5.81. The number of amides is 1. The highest BCUT2D eigenvalue weighted by Gasteiger charge is 2.23. The molecule has 2 aromatic rings. The van der Waals surface area contributed by atoms with Crippen molar-refractivity contribution in [2.45, 2.75) is 32.2 Å². The van der Waals surface area contributed by atoms with Gasteiger partial charge in [-0.2, -0.15) is 0 Å². The van der Waals surface area contributed by atoms with Gasteiger partial charge in [0.05, 0.1) is 11.2 Å². The Morgan fingerprint density at radius 1 is 1.36 bits per heavy atom. The molecule has 0 fully saturated rings. The molecule has 7 nitrogen and oxygen atoms in total. The van der Waals surface area contributed by atoms with Crippen LogP contribution in [0.4, 0.5) is 13.6 Å². The topological polar surface area (TPSA) is 113 Å². The average molecular weight is 392 g/mol. The van der Waals surface area contributed by atoms with Crippen LogP contribution in [0.1, 0.15) is 32.4 Å². The molecule has 2 heterocycles. The highest BCUT2D eigenvalue weighted by atomic mass is 19.3. The molecule has 1 atom stereocenters. The van der Waals surface area contributed by atoms with Gasteiger partial charge in [0.1, 0.15) is 18.1 Å². The third kappa shape index (κ3) is 5.98. The monoisotopic (exact) mass is 392 g/mol. The van der Waals surface area contributed by atoms with Crippen molar-refractivity contribution < 1.29 is 23.0 Å². The van der Waals surface area contributed by atoms with E-state index in [0.29, 0.717) is 12.0 Å². The van der Waals surface area contributed by atoms with E-state index in [0.717, 1.165) is 5.57 Å². The van der Waals surface area contributed by atoms with Crippen molar-refractivity contribution in [1.82, 2.24) is 9.97 Å². The van der Waals surface area contributed by atoms with Crippen molar-refractivity contribution >= 4 is 6.09 Å². The number of ether oxygens (including phenoxy) is 2. The minimum Gasteiger partial charge on any atom is -0.490 e. The normalized spacial score (nSPS) is 13.1. The largest absolute Gasteiger partial charge is 0.490 e. The average Bonchev–Trinajstić information content (AvgIpc) is 2.58. The number of pyridine rings is 2. The van der Waals surface area contributed by atoms with Gasteiger partial charge in [-0.3, -0.25) is 0 Å². The number of hydrogen-bond acceptors (Lipinski definition) is 6. The van der Waals surface area contributed by atoms with Crippen LogP contribution in [0.2, 0.25) is 0 Å². The van der Waals surface area contributed by atoms with Crippen LogP contribution in [0, 0.1) is 0 Å². The molecule has 2 aromatic heterocycles. The predicted molar refractivity (Wildman–Crippen MR) is 100 cm³/mol. The van der Waals surface area contributed by atoms with E-state index >= 15 is 0 Å². The van der Waals surface area contributed by atoms with Crippen LogP contribution in [0.25, 0.3) is 11.3 Å². The molecular formula is C19H22F2N4O3. The lowest BCUT2D eigenvalue weighted by atomic mass is 9.96. The van der Waals surface area contributed by atoms with Crippen LogP contribution < -0.4 is 20.9 Å². The SMILES string of the molecule is C=C(C)CC(C)(N)COc1ccc(-c2ccnc(OC(N)=O)c2)nc1C(F)F. The van der Waals surface area contributed by atoms with Crippen molar-refractivity contribution in [1.29, 1.82) is 0 Å². The number of hydrogen-bond donors (Lipinski definition) is 2. The minimum absolute atomic E-state index is 0.0203. The van der Waals surface area contributed by atoms with Gasteiger partial charge in [0.2, 0.25) is 5.88 Å². The number of alkyl halides is 2. The van der Waals surface area contributed by atoms with Crippen LogP contribution >= 0.6 is 0 Å². The van der Waals surface area contributed by atoms with Gasteiger partial charge in [-0.05, 0) is 38.5 Å². The quantitative estimate of drug-likeness (QED) is 0.664. The number of nitrogens with zero attached hydrogens (tertiary/aromatic N) is 2. The number of carbonyl (C=O) groups is 1. The standard InChI is InChI=1S/C19H22F2N4O3/c1-11(2)9-19(3,23)10-27-14-5-4-13(25-16(14)17(20)21)12-6-7-24-15(8-12)28-18(22)26/h4-8,17H,1,9-10,23H2,2-3H3,(H2,22,26). The molecule has 4 N–H and O–H groups in total. The molecule has 1 amide bonds. The Labute approximate surface area is 161 Å². The van der Waals surface area contributed by atoms with E-state index in [4.69, 9.17) is 20.9 Å². The van der Waals surface area contributed by atoms with E-state index in [1.165, 1.54) is 30.5 Å². The van der Waals surface area contributed by atoms with Crippen molar-refractivity contribution in [2.24, 2.45) is 11.5 Å². The molecule has 150 valence electrons. The number of carbonyl (C=O) groups excluding carboxylic acids is 1. The second-order valence-corrected chi connectivity index (χ2v) is 6.76. The highest BCUT2D eigenvalue weighted by Crippen LogP contribution is 2.31. The lowest BCUT2D eigenvalue weighted by Gasteiger charge is -2.25. The molecular weight excluding hydrogens is 370 g/mol. The number of halogens is 2. The zero-order valence-corrected chi connectivity index (χ0v) is 15.6. The zero-order chi connectivity index (χ0) is 20.9. The molecule has 0 radical (unpaired) electrons. The maximum absolute atomic E-state index is 13.5. The first-order valence-electron chi connectivity index (χ1n) is 8.36. The zero-order valence-electron chi connectivity index (χ0n) is 15.6. The van der Waals surface area contributed by atoms with Crippen LogP contribution in [0.3, 0.4) is 0 Å². The molecule has 1 unspecified atom stereocenters. The Balaban J connectivity index is 2.28. The molecule has 9 heteroatoms. The summed E-state index contributed by atoms with van der Waals surface area (Å²) >= 11 is 0. The lowest BCUT2D eigenvalue weighted by Crippen LogP contribution is -2.42. The smallest absolute Gasteiger partial charge is 0.411 e. The number of primary amides is 1. The van der Waals surface area contributed by atoms with Crippen LogP contribution in [0.15, 0.2) is 42.6 Å². The van der Waals surface area contributed by atoms with Gasteiger partial charge in [0, 0.05) is 17.8 Å². The summed E-state index contributed by atoms with van der Waals surface area (Å²) in [6.07, 6.45) is -2.06. The van der Waals surface area contributed by atoms with Gasteiger partial charge >= 0.3 is 6.09 Å². The predicted octanol–water partition coefficient (Wildman–Crippen LogP) is 3.60. The van der Waals surface area contributed by atoms with Gasteiger partial charge in [0.25, 0.3) is 6.43 Å². The first kappa shape index (κ1) is 21.2. The Morgan fingerprint density at radius 2 is 2.07 bits per heavy atom. The van der Waals surface area contributed by atoms with Gasteiger partial charge < -0.3 is 20.9 Å². The number of aromatic nitrogens is 2. The molecule has 0 aromatic carbocycles.